The zero-order valence-electron chi connectivity index (χ0n) is 17.9. The van der Waals surface area contributed by atoms with Gasteiger partial charge in [0, 0.05) is 16.3 Å². The molecule has 4 rings (SSSR count). The number of nitrogens with zero attached hydrogens (tertiary/aromatic N) is 2. The highest BCUT2D eigenvalue weighted by Crippen LogP contribution is 2.37. The van der Waals surface area contributed by atoms with Crippen molar-refractivity contribution in [1.82, 2.24) is 15.5 Å². The van der Waals surface area contributed by atoms with E-state index < -0.39 is 12.1 Å². The summed E-state index contributed by atoms with van der Waals surface area (Å²) in [6.45, 7) is 4.03. The molecule has 9 nitrogen and oxygen atoms in total. The van der Waals surface area contributed by atoms with Gasteiger partial charge in [0.05, 0.1) is 0 Å². The summed E-state index contributed by atoms with van der Waals surface area (Å²) in [5, 5.41) is 17.9. The molecule has 1 aliphatic heterocycles. The van der Waals surface area contributed by atoms with Gasteiger partial charge < -0.3 is 20.1 Å². The predicted octanol–water partition coefficient (Wildman–Crippen LogP) is 4.76. The predicted molar refractivity (Wildman–Crippen MR) is 127 cm³/mol. The fourth-order valence-electron chi connectivity index (χ4n) is 3.18. The van der Waals surface area contributed by atoms with Gasteiger partial charge in [-0.25, -0.2) is 4.79 Å². The molecule has 0 unspecified atom stereocenters. The van der Waals surface area contributed by atoms with Gasteiger partial charge in [-0.05, 0) is 42.3 Å². The van der Waals surface area contributed by atoms with Gasteiger partial charge in [-0.2, -0.15) is 0 Å². The lowest BCUT2D eigenvalue weighted by atomic mass is 9.98. The second kappa shape index (κ2) is 10.1. The lowest BCUT2D eigenvalue weighted by molar-refractivity contribution is -0.119. The molecule has 0 fully saturated rings. The SMILES string of the molecule is CC[C@@H](C)[C@@H](NC(=O)Nc1cccc(Cl)c1)C(=O)Nc1nnc(-c2ccc3c(c2)OCO3)s1. The lowest BCUT2D eigenvalue weighted by Gasteiger charge is -2.23. The van der Waals surface area contributed by atoms with Gasteiger partial charge in [0.15, 0.2) is 11.5 Å². The Morgan fingerprint density at radius 3 is 2.73 bits per heavy atom. The molecule has 3 N–H and O–H groups in total. The number of nitrogens with one attached hydrogen (secondary N) is 3. The van der Waals surface area contributed by atoms with Crippen molar-refractivity contribution in [1.29, 1.82) is 0 Å². The van der Waals surface area contributed by atoms with Crippen LogP contribution in [-0.2, 0) is 4.79 Å². The fourth-order valence-corrected chi connectivity index (χ4v) is 4.11. The van der Waals surface area contributed by atoms with E-state index in [-0.39, 0.29) is 18.6 Å². The molecular weight excluding hydrogens is 466 g/mol. The van der Waals surface area contributed by atoms with Crippen molar-refractivity contribution in [3.8, 4) is 22.1 Å². The number of ether oxygens (including phenoxy) is 2. The molecule has 3 amide bonds. The number of rotatable bonds is 7. The molecular formula is C22H22ClN5O4S. The van der Waals surface area contributed by atoms with Gasteiger partial charge >= 0.3 is 6.03 Å². The quantitative estimate of drug-likeness (QED) is 0.442. The molecule has 0 spiro atoms. The van der Waals surface area contributed by atoms with Crippen molar-refractivity contribution in [3.63, 3.8) is 0 Å². The van der Waals surface area contributed by atoms with Crippen LogP contribution < -0.4 is 25.4 Å². The van der Waals surface area contributed by atoms with Gasteiger partial charge in [0.25, 0.3) is 0 Å². The third-order valence-electron chi connectivity index (χ3n) is 5.14. The minimum Gasteiger partial charge on any atom is -0.454 e. The summed E-state index contributed by atoms with van der Waals surface area (Å²) in [7, 11) is 0. The standard InChI is InChI=1S/C22H22ClN5O4S/c1-3-12(2)18(25-21(30)24-15-6-4-5-14(23)10-15)19(29)26-22-28-27-20(33-22)13-7-8-16-17(9-13)32-11-31-16/h4-10,12,18H,3,11H2,1-2H3,(H2,24,25,30)(H,26,28,29)/t12-,18-/m1/s1. The molecule has 2 atom stereocenters. The number of anilines is 2. The largest absolute Gasteiger partial charge is 0.454 e. The van der Waals surface area contributed by atoms with Crippen molar-refractivity contribution in [2.24, 2.45) is 5.92 Å². The molecule has 0 radical (unpaired) electrons. The fraction of sp³-hybridized carbons (Fsp3) is 0.273. The van der Waals surface area contributed by atoms with E-state index in [2.05, 4.69) is 26.1 Å². The molecule has 0 bridgehead atoms. The van der Waals surface area contributed by atoms with E-state index in [1.165, 1.54) is 11.3 Å². The summed E-state index contributed by atoms with van der Waals surface area (Å²) in [4.78, 5) is 25.5. The minimum atomic E-state index is -0.771. The molecule has 1 aliphatic rings. The molecule has 3 aromatic rings. The maximum Gasteiger partial charge on any atom is 0.319 e. The maximum atomic E-state index is 13.0. The molecule has 2 aromatic carbocycles. The van der Waals surface area contributed by atoms with Crippen LogP contribution in [0.2, 0.25) is 5.02 Å². The first kappa shape index (κ1) is 22.8. The third kappa shape index (κ3) is 5.52. The summed E-state index contributed by atoms with van der Waals surface area (Å²) in [5.41, 5.74) is 1.33. The lowest BCUT2D eigenvalue weighted by Crippen LogP contribution is -2.49. The van der Waals surface area contributed by atoms with E-state index in [1.807, 2.05) is 26.0 Å². The van der Waals surface area contributed by atoms with E-state index in [4.69, 9.17) is 21.1 Å². The van der Waals surface area contributed by atoms with Gasteiger partial charge in [0.2, 0.25) is 17.8 Å². The monoisotopic (exact) mass is 487 g/mol. The highest BCUT2D eigenvalue weighted by Gasteiger charge is 2.27. The second-order valence-corrected chi connectivity index (χ2v) is 8.86. The number of carbonyl (C=O) groups is 2. The molecule has 1 aromatic heterocycles. The van der Waals surface area contributed by atoms with Crippen molar-refractivity contribution in [2.75, 3.05) is 17.4 Å². The molecule has 0 aliphatic carbocycles. The van der Waals surface area contributed by atoms with Crippen LogP contribution in [0.5, 0.6) is 11.5 Å². The van der Waals surface area contributed by atoms with Gasteiger partial charge in [-0.1, -0.05) is 49.3 Å². The Kier molecular flexibility index (Phi) is 6.95. The van der Waals surface area contributed by atoms with Gasteiger partial charge in [-0.3, -0.25) is 10.1 Å². The van der Waals surface area contributed by atoms with Gasteiger partial charge in [-0.15, -0.1) is 10.2 Å². The number of aromatic nitrogens is 2. The van der Waals surface area contributed by atoms with Crippen molar-refractivity contribution >= 4 is 45.7 Å². The third-order valence-corrected chi connectivity index (χ3v) is 6.26. The summed E-state index contributed by atoms with van der Waals surface area (Å²) in [5.74, 6) is 0.825. The first-order valence-electron chi connectivity index (χ1n) is 10.3. The van der Waals surface area contributed by atoms with E-state index >= 15 is 0 Å². The Morgan fingerprint density at radius 2 is 1.94 bits per heavy atom. The Labute approximate surface area is 199 Å². The number of amides is 3. The zero-order valence-corrected chi connectivity index (χ0v) is 19.5. The van der Waals surface area contributed by atoms with Gasteiger partial charge in [0.1, 0.15) is 11.0 Å². The number of hydrogen-bond donors (Lipinski definition) is 3. The average Bonchev–Trinajstić information content (AvgIpc) is 3.45. The Hall–Kier alpha value is -3.37. The van der Waals surface area contributed by atoms with Crippen LogP contribution in [-0.4, -0.2) is 35.0 Å². The number of carbonyl (C=O) groups excluding carboxylic acids is 2. The second-order valence-electron chi connectivity index (χ2n) is 7.44. The molecule has 33 heavy (non-hydrogen) atoms. The average molecular weight is 488 g/mol. The van der Waals surface area contributed by atoms with Crippen LogP contribution >= 0.6 is 22.9 Å². The maximum absolute atomic E-state index is 13.0. The smallest absolute Gasteiger partial charge is 0.319 e. The number of urea groups is 1. The minimum absolute atomic E-state index is 0.114. The number of halogens is 1. The van der Waals surface area contributed by atoms with E-state index in [1.54, 1.807) is 30.3 Å². The summed E-state index contributed by atoms with van der Waals surface area (Å²) in [6, 6.07) is 11.0. The van der Waals surface area contributed by atoms with Crippen LogP contribution in [0.15, 0.2) is 42.5 Å². The molecule has 11 heteroatoms. The summed E-state index contributed by atoms with van der Waals surface area (Å²) in [6.07, 6.45) is 0.689. The van der Waals surface area contributed by atoms with Crippen molar-refractivity contribution < 1.29 is 19.1 Å². The number of hydrogen-bond acceptors (Lipinski definition) is 7. The number of benzene rings is 2. The molecule has 0 saturated carbocycles. The first-order chi connectivity index (χ1) is 15.9. The van der Waals surface area contributed by atoms with Crippen molar-refractivity contribution in [2.45, 2.75) is 26.3 Å². The summed E-state index contributed by atoms with van der Waals surface area (Å²) >= 11 is 7.19. The van der Waals surface area contributed by atoms with E-state index in [0.29, 0.717) is 38.8 Å². The molecule has 172 valence electrons. The molecule has 2 heterocycles. The topological polar surface area (TPSA) is 114 Å². The molecule has 0 saturated heterocycles. The Morgan fingerprint density at radius 1 is 1.12 bits per heavy atom. The highest BCUT2D eigenvalue weighted by atomic mass is 35.5. The van der Waals surface area contributed by atoms with Crippen LogP contribution in [0.25, 0.3) is 10.6 Å². The number of fused-ring (bicyclic) bond motifs is 1. The summed E-state index contributed by atoms with van der Waals surface area (Å²) < 4.78 is 10.7. The first-order valence-corrected chi connectivity index (χ1v) is 11.5. The van der Waals surface area contributed by atoms with Crippen LogP contribution in [0.4, 0.5) is 15.6 Å². The highest BCUT2D eigenvalue weighted by molar-refractivity contribution is 7.18. The van der Waals surface area contributed by atoms with Crippen LogP contribution in [0.3, 0.4) is 0 Å². The van der Waals surface area contributed by atoms with Crippen LogP contribution in [0, 0.1) is 5.92 Å². The van der Waals surface area contributed by atoms with Crippen molar-refractivity contribution in [3.05, 3.63) is 47.5 Å². The Bertz CT molecular complexity index is 1170. The normalized spacial score (nSPS) is 13.8. The Balaban J connectivity index is 1.42. The van der Waals surface area contributed by atoms with Crippen LogP contribution in [0.1, 0.15) is 20.3 Å². The van der Waals surface area contributed by atoms with E-state index in [0.717, 1.165) is 5.56 Å². The van der Waals surface area contributed by atoms with E-state index in [9.17, 15) is 9.59 Å². The zero-order chi connectivity index (χ0) is 23.4.